The number of carbonyl (C=O) groups excluding carboxylic acids is 1. The fourth-order valence-electron chi connectivity index (χ4n) is 4.32. The van der Waals surface area contributed by atoms with Crippen LogP contribution in [0.1, 0.15) is 29.3 Å². The minimum atomic E-state index is -0.945. The smallest absolute Gasteiger partial charge is 0.306 e. The Bertz CT molecular complexity index is 1250. The van der Waals surface area contributed by atoms with E-state index in [4.69, 9.17) is 4.74 Å². The van der Waals surface area contributed by atoms with Crippen molar-refractivity contribution in [3.8, 4) is 11.1 Å². The number of aliphatic carboxylic acids is 1. The number of carboxylic acids is 1. The zero-order valence-corrected chi connectivity index (χ0v) is 21.5. The predicted molar refractivity (Wildman–Crippen MR) is 145 cm³/mol. The third-order valence-corrected chi connectivity index (χ3v) is 7.00. The van der Waals surface area contributed by atoms with Crippen molar-refractivity contribution in [3.05, 3.63) is 95.8 Å². The lowest BCUT2D eigenvalue weighted by molar-refractivity contribution is -0.141. The van der Waals surface area contributed by atoms with Gasteiger partial charge in [0.25, 0.3) is 5.91 Å². The van der Waals surface area contributed by atoms with Crippen molar-refractivity contribution in [2.24, 2.45) is 5.92 Å². The molecule has 0 spiro atoms. The van der Waals surface area contributed by atoms with Gasteiger partial charge in [0, 0.05) is 11.0 Å². The van der Waals surface area contributed by atoms with E-state index in [2.05, 4.69) is 19.5 Å². The van der Waals surface area contributed by atoms with Crippen molar-refractivity contribution < 1.29 is 23.8 Å². The highest BCUT2D eigenvalue weighted by molar-refractivity contribution is 7.21. The van der Waals surface area contributed by atoms with Gasteiger partial charge in [-0.1, -0.05) is 61.5 Å². The van der Waals surface area contributed by atoms with Gasteiger partial charge < -0.3 is 15.2 Å². The maximum absolute atomic E-state index is 13.3. The SMILES string of the molecule is CC(C[C@H](NC(=O)c1ccc(-c2ccccc2)cc1)C(=P)NC1(Cc2ccc(F)cc2)COC1)C(=O)O. The summed E-state index contributed by atoms with van der Waals surface area (Å²) in [6.45, 7) is 2.46. The van der Waals surface area contributed by atoms with Gasteiger partial charge in [0.15, 0.2) is 0 Å². The first-order valence-corrected chi connectivity index (χ1v) is 12.6. The number of amides is 1. The van der Waals surface area contributed by atoms with Gasteiger partial charge in [-0.2, -0.15) is 0 Å². The van der Waals surface area contributed by atoms with Gasteiger partial charge in [-0.25, -0.2) is 4.39 Å². The number of carbonyl (C=O) groups is 2. The first-order chi connectivity index (χ1) is 17.7. The second-order valence-electron chi connectivity index (χ2n) is 9.56. The Morgan fingerprint density at radius 3 is 2.19 bits per heavy atom. The van der Waals surface area contributed by atoms with E-state index in [9.17, 15) is 19.1 Å². The highest BCUT2D eigenvalue weighted by atomic mass is 31.0. The Kier molecular flexibility index (Phi) is 8.49. The van der Waals surface area contributed by atoms with Crippen LogP contribution >= 0.6 is 8.86 Å². The molecule has 192 valence electrons. The Morgan fingerprint density at radius 2 is 1.62 bits per heavy atom. The minimum Gasteiger partial charge on any atom is -0.481 e. The number of rotatable bonds is 11. The van der Waals surface area contributed by atoms with Crippen LogP contribution in [0.25, 0.3) is 11.1 Å². The molecule has 1 heterocycles. The Labute approximate surface area is 218 Å². The van der Waals surface area contributed by atoms with Crippen LogP contribution in [0.3, 0.4) is 0 Å². The summed E-state index contributed by atoms with van der Waals surface area (Å²) < 4.78 is 18.8. The van der Waals surface area contributed by atoms with Gasteiger partial charge in [-0.05, 0) is 53.8 Å². The van der Waals surface area contributed by atoms with E-state index in [1.165, 1.54) is 12.1 Å². The van der Waals surface area contributed by atoms with Crippen molar-refractivity contribution in [2.45, 2.75) is 31.3 Å². The van der Waals surface area contributed by atoms with E-state index in [-0.39, 0.29) is 18.1 Å². The van der Waals surface area contributed by atoms with E-state index in [1.54, 1.807) is 31.2 Å². The summed E-state index contributed by atoms with van der Waals surface area (Å²) in [4.78, 5) is 24.7. The molecule has 1 amide bonds. The van der Waals surface area contributed by atoms with Crippen molar-refractivity contribution >= 4 is 26.2 Å². The Hall–Kier alpha value is -3.38. The molecule has 1 unspecified atom stereocenters. The first-order valence-electron chi connectivity index (χ1n) is 12.1. The quantitative estimate of drug-likeness (QED) is 0.323. The molecule has 3 N–H and O–H groups in total. The van der Waals surface area contributed by atoms with Gasteiger partial charge in [-0.3, -0.25) is 14.9 Å². The van der Waals surface area contributed by atoms with Crippen LogP contribution in [-0.4, -0.2) is 47.2 Å². The molecule has 0 saturated carbocycles. The molecule has 1 saturated heterocycles. The molecule has 0 aromatic heterocycles. The van der Waals surface area contributed by atoms with Crippen LogP contribution in [0.5, 0.6) is 0 Å². The highest BCUT2D eigenvalue weighted by Crippen LogP contribution is 2.24. The van der Waals surface area contributed by atoms with Crippen LogP contribution in [0.2, 0.25) is 0 Å². The van der Waals surface area contributed by atoms with Crippen LogP contribution in [-0.2, 0) is 16.0 Å². The highest BCUT2D eigenvalue weighted by Gasteiger charge is 2.40. The Balaban J connectivity index is 1.47. The standard InChI is InChI=1S/C29H30FN2O4P/c1-19(28(34)35)15-25(27(37)32-29(17-36-18-29)16-20-7-13-24(30)14-8-20)31-26(33)23-11-9-22(10-12-23)21-5-3-2-4-6-21/h2-14,19,25,32,37H,15-18H2,1H3,(H,31,33)(H,34,35)/t19?,25-/m0/s1. The van der Waals surface area contributed by atoms with Gasteiger partial charge in [0.1, 0.15) is 5.82 Å². The maximum Gasteiger partial charge on any atom is 0.306 e. The number of hydrogen-bond donors (Lipinski definition) is 3. The first kappa shape index (κ1) is 26.7. The normalized spacial score (nSPS) is 15.7. The molecular formula is C29H30FN2O4P. The molecule has 2 atom stereocenters. The third kappa shape index (κ3) is 6.89. The lowest BCUT2D eigenvalue weighted by atomic mass is 9.88. The molecular weight excluding hydrogens is 490 g/mol. The van der Waals surface area contributed by atoms with Crippen LogP contribution < -0.4 is 10.6 Å². The molecule has 1 aliphatic rings. The van der Waals surface area contributed by atoms with Crippen LogP contribution in [0.4, 0.5) is 4.39 Å². The lowest BCUT2D eigenvalue weighted by Crippen LogP contribution is -2.65. The molecule has 0 radical (unpaired) electrons. The molecule has 3 aromatic rings. The summed E-state index contributed by atoms with van der Waals surface area (Å²) >= 11 is 0. The molecule has 8 heteroatoms. The second-order valence-corrected chi connectivity index (χ2v) is 10.1. The third-order valence-electron chi connectivity index (χ3n) is 6.53. The summed E-state index contributed by atoms with van der Waals surface area (Å²) in [6, 6.07) is 22.9. The number of carboxylic acid groups (broad SMARTS) is 1. The van der Waals surface area contributed by atoms with Gasteiger partial charge in [0.2, 0.25) is 0 Å². The largest absolute Gasteiger partial charge is 0.481 e. The minimum absolute atomic E-state index is 0.183. The van der Waals surface area contributed by atoms with E-state index in [0.717, 1.165) is 16.7 Å². The molecule has 1 aliphatic heterocycles. The topological polar surface area (TPSA) is 87.7 Å². The number of hydrogen-bond acceptors (Lipinski definition) is 3. The second kappa shape index (κ2) is 11.8. The zero-order valence-electron chi connectivity index (χ0n) is 20.5. The summed E-state index contributed by atoms with van der Waals surface area (Å²) in [6.07, 6.45) is 0.764. The number of nitrogens with one attached hydrogen (secondary N) is 2. The van der Waals surface area contributed by atoms with Crippen molar-refractivity contribution in [2.75, 3.05) is 13.2 Å². The van der Waals surface area contributed by atoms with Gasteiger partial charge >= 0.3 is 5.97 Å². The fourth-order valence-corrected chi connectivity index (χ4v) is 4.78. The predicted octanol–water partition coefficient (Wildman–Crippen LogP) is 4.58. The molecule has 4 rings (SSSR count). The maximum atomic E-state index is 13.3. The van der Waals surface area contributed by atoms with E-state index in [1.807, 2.05) is 42.5 Å². The van der Waals surface area contributed by atoms with E-state index >= 15 is 0 Å². The molecule has 0 aliphatic carbocycles. The van der Waals surface area contributed by atoms with E-state index in [0.29, 0.717) is 30.6 Å². The molecule has 1 fully saturated rings. The fraction of sp³-hybridized carbons (Fsp3) is 0.276. The van der Waals surface area contributed by atoms with Gasteiger partial charge in [-0.15, -0.1) is 8.86 Å². The summed E-state index contributed by atoms with van der Waals surface area (Å²) in [7, 11) is 3.65. The van der Waals surface area contributed by atoms with Crippen LogP contribution in [0.15, 0.2) is 78.9 Å². The van der Waals surface area contributed by atoms with Gasteiger partial charge in [0.05, 0.1) is 30.7 Å². The summed E-state index contributed by atoms with van der Waals surface area (Å²) in [5, 5.41) is 15.9. The summed E-state index contributed by atoms with van der Waals surface area (Å²) in [5.74, 6) is -2.24. The number of benzene rings is 3. The molecule has 6 nitrogen and oxygen atoms in total. The number of ether oxygens (including phenoxy) is 1. The lowest BCUT2D eigenvalue weighted by Gasteiger charge is -2.44. The van der Waals surface area contributed by atoms with Crippen molar-refractivity contribution in [1.82, 2.24) is 10.6 Å². The van der Waals surface area contributed by atoms with Crippen LogP contribution in [0, 0.1) is 11.7 Å². The molecule has 37 heavy (non-hydrogen) atoms. The van der Waals surface area contributed by atoms with E-state index < -0.39 is 23.5 Å². The zero-order chi connectivity index (χ0) is 26.4. The molecule has 0 bridgehead atoms. The average Bonchev–Trinajstić information content (AvgIpc) is 2.88. The molecule has 3 aromatic carbocycles. The monoisotopic (exact) mass is 520 g/mol. The Morgan fingerprint density at radius 1 is 1.00 bits per heavy atom. The van der Waals surface area contributed by atoms with Crippen molar-refractivity contribution in [1.29, 1.82) is 0 Å². The number of halogens is 1. The van der Waals surface area contributed by atoms with Crippen molar-refractivity contribution in [3.63, 3.8) is 0 Å². The summed E-state index contributed by atoms with van der Waals surface area (Å²) in [5.41, 5.74) is 3.57. The average molecular weight is 521 g/mol.